The summed E-state index contributed by atoms with van der Waals surface area (Å²) in [4.78, 5) is 36.2. The summed E-state index contributed by atoms with van der Waals surface area (Å²) >= 11 is 0. The number of carbonyl (C=O) groups is 3. The van der Waals surface area contributed by atoms with Gasteiger partial charge < -0.3 is 9.47 Å². The molecule has 0 saturated carbocycles. The molecule has 7 heteroatoms. The lowest BCUT2D eigenvalue weighted by atomic mass is 9.91. The van der Waals surface area contributed by atoms with Gasteiger partial charge in [-0.2, -0.15) is 0 Å². The van der Waals surface area contributed by atoms with Crippen molar-refractivity contribution in [1.82, 2.24) is 10.2 Å². The number of fused-ring (bicyclic) bond motifs is 4. The van der Waals surface area contributed by atoms with Gasteiger partial charge in [0.25, 0.3) is 0 Å². The van der Waals surface area contributed by atoms with Crippen LogP contribution < -0.4 is 5.32 Å². The second-order valence-corrected chi connectivity index (χ2v) is 5.31. The molecule has 0 unspecified atom stereocenters. The number of hydrogen-bond acceptors (Lipinski definition) is 5. The highest BCUT2D eigenvalue weighted by molar-refractivity contribution is 5.98. The van der Waals surface area contributed by atoms with Gasteiger partial charge in [-0.1, -0.05) is 6.92 Å². The van der Waals surface area contributed by atoms with Gasteiger partial charge in [0.15, 0.2) is 0 Å². The predicted octanol–water partition coefficient (Wildman–Crippen LogP) is -0.00670. The van der Waals surface area contributed by atoms with Gasteiger partial charge in [0, 0.05) is 19.4 Å². The Kier molecular flexibility index (Phi) is 2.74. The number of esters is 1. The lowest BCUT2D eigenvalue weighted by Gasteiger charge is -2.45. The van der Waals surface area contributed by atoms with E-state index in [9.17, 15) is 14.4 Å². The second kappa shape index (κ2) is 4.19. The van der Waals surface area contributed by atoms with Gasteiger partial charge in [-0.25, -0.2) is 4.79 Å². The molecule has 19 heavy (non-hydrogen) atoms. The van der Waals surface area contributed by atoms with Gasteiger partial charge in [0.05, 0.1) is 12.0 Å². The Morgan fingerprint density at radius 3 is 2.84 bits per heavy atom. The summed E-state index contributed by atoms with van der Waals surface area (Å²) in [5.74, 6) is -0.882. The summed E-state index contributed by atoms with van der Waals surface area (Å²) in [5.41, 5.74) is 0. The zero-order chi connectivity index (χ0) is 13.7. The molecule has 0 spiro atoms. The Hall–Kier alpha value is -1.63. The summed E-state index contributed by atoms with van der Waals surface area (Å²) < 4.78 is 10.9. The minimum atomic E-state index is -0.417. The molecule has 3 heterocycles. The van der Waals surface area contributed by atoms with Crippen molar-refractivity contribution in [2.24, 2.45) is 5.92 Å². The topological polar surface area (TPSA) is 84.9 Å². The van der Waals surface area contributed by atoms with Crippen LogP contribution in [0.1, 0.15) is 26.7 Å². The molecule has 104 valence electrons. The Morgan fingerprint density at radius 2 is 2.16 bits per heavy atom. The number of nitrogens with one attached hydrogen (secondary N) is 1. The number of carbonyl (C=O) groups excluding carboxylic acids is 3. The molecule has 3 fully saturated rings. The van der Waals surface area contributed by atoms with E-state index in [1.165, 1.54) is 6.92 Å². The molecule has 3 saturated heterocycles. The summed E-state index contributed by atoms with van der Waals surface area (Å²) in [6.07, 6.45) is 0.0206. The maximum absolute atomic E-state index is 11.9. The van der Waals surface area contributed by atoms with Crippen LogP contribution in [0.2, 0.25) is 0 Å². The monoisotopic (exact) mass is 268 g/mol. The van der Waals surface area contributed by atoms with Crippen LogP contribution in [0.25, 0.3) is 0 Å². The molecular formula is C12H16N2O5. The standard InChI is InChI=1S/C12H16N2O5/c1-5-7-3-8-9(18-6(2)15)4-10(19-8)14(7)12(17)13-11(5)16/h5,7-10H,3-4H2,1-2H3,(H,13,16,17)/t5-,7-,8-,9+,10-/m1/s1. The molecule has 3 rings (SSSR count). The van der Waals surface area contributed by atoms with E-state index in [-0.39, 0.29) is 36.0 Å². The fraction of sp³-hybridized carbons (Fsp3) is 0.750. The molecule has 0 radical (unpaired) electrons. The molecule has 0 aromatic carbocycles. The first-order chi connectivity index (χ1) is 8.97. The van der Waals surface area contributed by atoms with Crippen molar-refractivity contribution in [2.75, 3.05) is 0 Å². The molecule has 5 atom stereocenters. The average molecular weight is 268 g/mol. The van der Waals surface area contributed by atoms with Gasteiger partial charge in [-0.05, 0) is 6.42 Å². The van der Waals surface area contributed by atoms with Crippen LogP contribution in [-0.2, 0) is 19.1 Å². The van der Waals surface area contributed by atoms with E-state index >= 15 is 0 Å². The van der Waals surface area contributed by atoms with E-state index in [2.05, 4.69) is 5.32 Å². The number of rotatable bonds is 1. The van der Waals surface area contributed by atoms with Crippen molar-refractivity contribution in [3.63, 3.8) is 0 Å². The number of imide groups is 1. The van der Waals surface area contributed by atoms with E-state index in [1.807, 2.05) is 0 Å². The van der Waals surface area contributed by atoms with Crippen molar-refractivity contribution in [3.8, 4) is 0 Å². The molecule has 0 aromatic rings. The lowest BCUT2D eigenvalue weighted by molar-refractivity contribution is -0.158. The molecule has 0 aromatic heterocycles. The summed E-state index contributed by atoms with van der Waals surface area (Å²) in [6.45, 7) is 3.15. The summed E-state index contributed by atoms with van der Waals surface area (Å²) in [5, 5.41) is 2.33. The van der Waals surface area contributed by atoms with Crippen molar-refractivity contribution >= 4 is 17.9 Å². The normalized spacial score (nSPS) is 40.7. The number of amides is 3. The average Bonchev–Trinajstić information content (AvgIpc) is 2.62. The molecular weight excluding hydrogens is 252 g/mol. The van der Waals surface area contributed by atoms with Gasteiger partial charge in [-0.3, -0.25) is 19.8 Å². The molecule has 1 N–H and O–H groups in total. The first-order valence-electron chi connectivity index (χ1n) is 6.43. The maximum atomic E-state index is 11.9. The Bertz CT molecular complexity index is 451. The smallest absolute Gasteiger partial charge is 0.326 e. The number of ether oxygens (including phenoxy) is 2. The van der Waals surface area contributed by atoms with Crippen LogP contribution in [0, 0.1) is 5.92 Å². The molecule has 0 aliphatic carbocycles. The zero-order valence-corrected chi connectivity index (χ0v) is 10.8. The molecule has 7 nitrogen and oxygen atoms in total. The minimum absolute atomic E-state index is 0.175. The number of hydrogen-bond donors (Lipinski definition) is 1. The van der Waals surface area contributed by atoms with E-state index in [1.54, 1.807) is 11.8 Å². The fourth-order valence-electron chi connectivity index (χ4n) is 3.17. The molecule has 2 bridgehead atoms. The first-order valence-corrected chi connectivity index (χ1v) is 6.43. The molecule has 3 aliphatic rings. The van der Waals surface area contributed by atoms with Crippen LogP contribution in [0.3, 0.4) is 0 Å². The lowest BCUT2D eigenvalue weighted by Crippen LogP contribution is -2.64. The van der Waals surface area contributed by atoms with Crippen LogP contribution in [0.15, 0.2) is 0 Å². The van der Waals surface area contributed by atoms with Crippen molar-refractivity contribution in [3.05, 3.63) is 0 Å². The zero-order valence-electron chi connectivity index (χ0n) is 10.8. The van der Waals surface area contributed by atoms with Crippen molar-refractivity contribution < 1.29 is 23.9 Å². The van der Waals surface area contributed by atoms with Gasteiger partial charge in [-0.15, -0.1) is 0 Å². The van der Waals surface area contributed by atoms with E-state index in [4.69, 9.17) is 9.47 Å². The van der Waals surface area contributed by atoms with Gasteiger partial charge in [0.2, 0.25) is 5.91 Å². The predicted molar refractivity (Wildman–Crippen MR) is 61.8 cm³/mol. The Labute approximate surface area is 110 Å². The minimum Gasteiger partial charge on any atom is -0.460 e. The SMILES string of the molecule is CC(=O)O[C@H]1C[C@H]2O[C@@H]1C[C@@H]1[C@@H](C)C(=O)NC(=O)N12. The highest BCUT2D eigenvalue weighted by Crippen LogP contribution is 2.39. The highest BCUT2D eigenvalue weighted by Gasteiger charge is 2.54. The maximum Gasteiger partial charge on any atom is 0.326 e. The van der Waals surface area contributed by atoms with Crippen molar-refractivity contribution in [1.29, 1.82) is 0 Å². The van der Waals surface area contributed by atoms with E-state index < -0.39 is 12.3 Å². The third-order valence-corrected chi connectivity index (χ3v) is 4.09. The van der Waals surface area contributed by atoms with Gasteiger partial charge >= 0.3 is 12.0 Å². The highest BCUT2D eigenvalue weighted by atomic mass is 16.6. The Balaban J connectivity index is 1.83. The quantitative estimate of drug-likeness (QED) is 0.676. The van der Waals surface area contributed by atoms with Gasteiger partial charge in [0.1, 0.15) is 12.3 Å². The summed E-state index contributed by atoms with van der Waals surface area (Å²) in [6, 6.07) is -0.592. The second-order valence-electron chi connectivity index (χ2n) is 5.31. The fourth-order valence-corrected chi connectivity index (χ4v) is 3.17. The van der Waals surface area contributed by atoms with Crippen LogP contribution >= 0.6 is 0 Å². The molecule has 3 aliphatic heterocycles. The number of nitrogens with zero attached hydrogens (tertiary/aromatic N) is 1. The van der Waals surface area contributed by atoms with E-state index in [0.29, 0.717) is 12.8 Å². The largest absolute Gasteiger partial charge is 0.460 e. The summed E-state index contributed by atoms with van der Waals surface area (Å²) in [7, 11) is 0. The number of urea groups is 1. The first kappa shape index (κ1) is 12.4. The van der Waals surface area contributed by atoms with E-state index in [0.717, 1.165) is 0 Å². The van der Waals surface area contributed by atoms with Crippen LogP contribution in [-0.4, -0.2) is 47.3 Å². The third-order valence-electron chi connectivity index (χ3n) is 4.09. The van der Waals surface area contributed by atoms with Crippen molar-refractivity contribution in [2.45, 2.75) is 51.2 Å². The van der Waals surface area contributed by atoms with Crippen LogP contribution in [0.4, 0.5) is 4.79 Å². The van der Waals surface area contributed by atoms with Crippen LogP contribution in [0.5, 0.6) is 0 Å². The molecule has 3 amide bonds. The third kappa shape index (κ3) is 1.88. The Morgan fingerprint density at radius 1 is 1.42 bits per heavy atom.